The number of anilines is 1. The number of nitro benzene ring substituents is 1. The fourth-order valence-corrected chi connectivity index (χ4v) is 2.30. The number of amides is 1. The first-order chi connectivity index (χ1) is 10.9. The van der Waals surface area contributed by atoms with Gasteiger partial charge in [0.05, 0.1) is 4.92 Å². The zero-order chi connectivity index (χ0) is 17.0. The number of nitro groups is 1. The van der Waals surface area contributed by atoms with Crippen molar-refractivity contribution < 1.29 is 14.5 Å². The smallest absolute Gasteiger partial charge is 0.269 e. The summed E-state index contributed by atoms with van der Waals surface area (Å²) in [4.78, 5) is 23.6. The maximum absolute atomic E-state index is 12.1. The molecule has 0 bridgehead atoms. The van der Waals surface area contributed by atoms with E-state index in [1.165, 1.54) is 29.2 Å². The molecule has 0 radical (unpaired) electrons. The van der Waals surface area contributed by atoms with Crippen LogP contribution in [0, 0.1) is 10.1 Å². The average Bonchev–Trinajstić information content (AvgIpc) is 2.51. The molecule has 0 aromatic heterocycles. The van der Waals surface area contributed by atoms with Gasteiger partial charge in [0.2, 0.25) is 0 Å². The summed E-state index contributed by atoms with van der Waals surface area (Å²) in [7, 11) is 1.55. The van der Waals surface area contributed by atoms with Crippen LogP contribution in [-0.2, 0) is 4.79 Å². The summed E-state index contributed by atoms with van der Waals surface area (Å²) in [5, 5.41) is 11.4. The second-order valence-corrected chi connectivity index (χ2v) is 5.49. The Kier molecular flexibility index (Phi) is 5.41. The number of carbonyl (C=O) groups is 1. The minimum Gasteiger partial charge on any atom is -0.484 e. The lowest BCUT2D eigenvalue weighted by molar-refractivity contribution is -0.384. The van der Waals surface area contributed by atoms with Gasteiger partial charge in [0.25, 0.3) is 11.6 Å². The maximum atomic E-state index is 12.1. The van der Waals surface area contributed by atoms with Gasteiger partial charge in [-0.15, -0.1) is 0 Å². The van der Waals surface area contributed by atoms with Crippen LogP contribution in [-0.4, -0.2) is 24.5 Å². The Labute approximate surface area is 142 Å². The third kappa shape index (κ3) is 4.58. The van der Waals surface area contributed by atoms with E-state index in [0.717, 1.165) is 0 Å². The van der Waals surface area contributed by atoms with Gasteiger partial charge in [-0.25, -0.2) is 0 Å². The van der Waals surface area contributed by atoms with Gasteiger partial charge in [0, 0.05) is 34.9 Å². The van der Waals surface area contributed by atoms with Crippen LogP contribution < -0.4 is 9.64 Å². The highest BCUT2D eigenvalue weighted by atomic mass is 35.5. The third-order valence-electron chi connectivity index (χ3n) is 3.02. The van der Waals surface area contributed by atoms with Crippen LogP contribution in [0.2, 0.25) is 10.0 Å². The van der Waals surface area contributed by atoms with Gasteiger partial charge in [0.15, 0.2) is 6.61 Å². The Morgan fingerprint density at radius 3 is 2.26 bits per heavy atom. The molecule has 0 aliphatic rings. The molecule has 0 fully saturated rings. The Bertz CT molecular complexity index is 715. The Balaban J connectivity index is 2.00. The van der Waals surface area contributed by atoms with Crippen molar-refractivity contribution in [3.8, 4) is 5.75 Å². The summed E-state index contributed by atoms with van der Waals surface area (Å²) in [5.41, 5.74) is 0.479. The van der Waals surface area contributed by atoms with Gasteiger partial charge >= 0.3 is 0 Å². The molecular weight excluding hydrogens is 343 g/mol. The van der Waals surface area contributed by atoms with Gasteiger partial charge in [-0.2, -0.15) is 0 Å². The lowest BCUT2D eigenvalue weighted by Gasteiger charge is -2.17. The zero-order valence-electron chi connectivity index (χ0n) is 12.0. The molecule has 0 spiro atoms. The number of halogens is 2. The number of hydrogen-bond acceptors (Lipinski definition) is 4. The molecule has 1 amide bonds. The lowest BCUT2D eigenvalue weighted by atomic mass is 10.2. The summed E-state index contributed by atoms with van der Waals surface area (Å²) < 4.78 is 5.37. The van der Waals surface area contributed by atoms with Crippen molar-refractivity contribution in [2.24, 2.45) is 0 Å². The second-order valence-electron chi connectivity index (χ2n) is 4.62. The number of benzene rings is 2. The molecule has 2 aromatic carbocycles. The SMILES string of the molecule is CN(C(=O)COc1cc(Cl)cc(Cl)c1)c1ccc([N+](=O)[O-])cc1. The van der Waals surface area contributed by atoms with Crippen molar-refractivity contribution in [1.29, 1.82) is 0 Å². The average molecular weight is 355 g/mol. The van der Waals surface area contributed by atoms with E-state index < -0.39 is 4.92 Å². The van der Waals surface area contributed by atoms with Crippen LogP contribution >= 0.6 is 23.2 Å². The first-order valence-corrected chi connectivity index (χ1v) is 7.22. The Morgan fingerprint density at radius 2 is 1.74 bits per heavy atom. The number of nitrogens with zero attached hydrogens (tertiary/aromatic N) is 2. The highest BCUT2D eigenvalue weighted by Gasteiger charge is 2.13. The third-order valence-corrected chi connectivity index (χ3v) is 3.46. The molecule has 0 heterocycles. The van der Waals surface area contributed by atoms with Crippen molar-refractivity contribution in [2.45, 2.75) is 0 Å². The molecule has 0 saturated carbocycles. The van der Waals surface area contributed by atoms with E-state index in [0.29, 0.717) is 21.5 Å². The quantitative estimate of drug-likeness (QED) is 0.602. The lowest BCUT2D eigenvalue weighted by Crippen LogP contribution is -2.31. The predicted octanol–water partition coefficient (Wildman–Crippen LogP) is 3.94. The van der Waals surface area contributed by atoms with Crippen LogP contribution in [0.1, 0.15) is 0 Å². The fourth-order valence-electron chi connectivity index (χ4n) is 1.80. The van der Waals surface area contributed by atoms with Gasteiger partial charge in [-0.1, -0.05) is 23.2 Å². The number of non-ortho nitro benzene ring substituents is 1. The minimum absolute atomic E-state index is 0.0422. The van der Waals surface area contributed by atoms with Crippen molar-refractivity contribution in [3.05, 3.63) is 62.6 Å². The number of ether oxygens (including phenoxy) is 1. The van der Waals surface area contributed by atoms with Crippen LogP contribution in [0.25, 0.3) is 0 Å². The van der Waals surface area contributed by atoms with E-state index in [1.807, 2.05) is 0 Å². The van der Waals surface area contributed by atoms with E-state index in [-0.39, 0.29) is 18.2 Å². The summed E-state index contributed by atoms with van der Waals surface area (Å²) in [6.07, 6.45) is 0. The number of rotatable bonds is 5. The molecule has 0 unspecified atom stereocenters. The van der Waals surface area contributed by atoms with Crippen LogP contribution in [0.15, 0.2) is 42.5 Å². The second kappa shape index (κ2) is 7.30. The molecule has 2 rings (SSSR count). The highest BCUT2D eigenvalue weighted by Crippen LogP contribution is 2.24. The van der Waals surface area contributed by atoms with Crippen LogP contribution in [0.4, 0.5) is 11.4 Å². The number of hydrogen-bond donors (Lipinski definition) is 0. The number of likely N-dealkylation sites (N-methyl/N-ethyl adjacent to an activating group) is 1. The molecule has 2 aromatic rings. The van der Waals surface area contributed by atoms with Crippen LogP contribution in [0.3, 0.4) is 0 Å². The first-order valence-electron chi connectivity index (χ1n) is 6.47. The van der Waals surface area contributed by atoms with Gasteiger partial charge in [-0.05, 0) is 30.3 Å². The summed E-state index contributed by atoms with van der Waals surface area (Å²) >= 11 is 11.7. The normalized spacial score (nSPS) is 10.2. The molecular formula is C15H12Cl2N2O4. The topological polar surface area (TPSA) is 72.7 Å². The first kappa shape index (κ1) is 17.1. The van der Waals surface area contributed by atoms with E-state index >= 15 is 0 Å². The molecule has 6 nitrogen and oxygen atoms in total. The molecule has 0 N–H and O–H groups in total. The Morgan fingerprint density at radius 1 is 1.17 bits per heavy atom. The van der Waals surface area contributed by atoms with Crippen molar-refractivity contribution in [1.82, 2.24) is 0 Å². The standard InChI is InChI=1S/C15H12Cl2N2O4/c1-18(12-2-4-13(5-3-12)19(21)22)15(20)9-23-14-7-10(16)6-11(17)8-14/h2-8H,9H2,1H3. The largest absolute Gasteiger partial charge is 0.484 e. The Hall–Kier alpha value is -2.31. The van der Waals surface area contributed by atoms with Crippen molar-refractivity contribution in [2.75, 3.05) is 18.6 Å². The zero-order valence-corrected chi connectivity index (χ0v) is 13.5. The predicted molar refractivity (Wildman–Crippen MR) is 88.5 cm³/mol. The fraction of sp³-hybridized carbons (Fsp3) is 0.133. The van der Waals surface area contributed by atoms with E-state index in [4.69, 9.17) is 27.9 Å². The van der Waals surface area contributed by atoms with Gasteiger partial charge < -0.3 is 9.64 Å². The van der Waals surface area contributed by atoms with Gasteiger partial charge in [0.1, 0.15) is 5.75 Å². The van der Waals surface area contributed by atoms with E-state index in [9.17, 15) is 14.9 Å². The van der Waals surface area contributed by atoms with E-state index in [2.05, 4.69) is 0 Å². The molecule has 0 atom stereocenters. The highest BCUT2D eigenvalue weighted by molar-refractivity contribution is 6.34. The summed E-state index contributed by atoms with van der Waals surface area (Å²) in [6, 6.07) is 10.3. The van der Waals surface area contributed by atoms with Crippen molar-refractivity contribution >= 4 is 40.5 Å². The molecule has 120 valence electrons. The molecule has 0 aliphatic carbocycles. The summed E-state index contributed by atoms with van der Waals surface area (Å²) in [5.74, 6) is 0.0582. The number of carbonyl (C=O) groups excluding carboxylic acids is 1. The summed E-state index contributed by atoms with van der Waals surface area (Å²) in [6.45, 7) is -0.218. The monoisotopic (exact) mass is 354 g/mol. The van der Waals surface area contributed by atoms with Gasteiger partial charge in [-0.3, -0.25) is 14.9 Å². The minimum atomic E-state index is -0.502. The van der Waals surface area contributed by atoms with E-state index in [1.54, 1.807) is 25.2 Å². The van der Waals surface area contributed by atoms with Crippen LogP contribution in [0.5, 0.6) is 5.75 Å². The molecule has 8 heteroatoms. The molecule has 23 heavy (non-hydrogen) atoms. The maximum Gasteiger partial charge on any atom is 0.269 e. The molecule has 0 saturated heterocycles. The molecule has 0 aliphatic heterocycles. The van der Waals surface area contributed by atoms with Crippen molar-refractivity contribution in [3.63, 3.8) is 0 Å².